The van der Waals surface area contributed by atoms with Crippen LogP contribution in [-0.2, 0) is 0 Å². The Morgan fingerprint density at radius 2 is 1.65 bits per heavy atom. The molecule has 0 saturated heterocycles. The molecule has 1 rings (SSSR count). The summed E-state index contributed by atoms with van der Waals surface area (Å²) in [4.78, 5) is 0. The van der Waals surface area contributed by atoms with Gasteiger partial charge < -0.3 is 11.1 Å². The molecule has 102 valence electrons. The van der Waals surface area contributed by atoms with Gasteiger partial charge in [-0.1, -0.05) is 39.0 Å². The molecule has 0 unspecified atom stereocenters. The molecule has 17 heavy (non-hydrogen) atoms. The highest BCUT2D eigenvalue weighted by atomic mass is 14.9. The summed E-state index contributed by atoms with van der Waals surface area (Å²) in [6, 6.07) is 0. The van der Waals surface area contributed by atoms with E-state index in [9.17, 15) is 0 Å². The van der Waals surface area contributed by atoms with Gasteiger partial charge in [0, 0.05) is 6.54 Å². The zero-order valence-electron chi connectivity index (χ0n) is 11.8. The molecule has 3 N–H and O–H groups in total. The van der Waals surface area contributed by atoms with Crippen molar-refractivity contribution in [1.29, 1.82) is 0 Å². The molecule has 2 heteroatoms. The lowest BCUT2D eigenvalue weighted by Gasteiger charge is -2.27. The Hall–Kier alpha value is -0.0800. The molecule has 0 aliphatic heterocycles. The minimum atomic E-state index is 0.652. The third kappa shape index (κ3) is 5.87. The minimum Gasteiger partial charge on any atom is -0.330 e. The van der Waals surface area contributed by atoms with Gasteiger partial charge in [0.1, 0.15) is 0 Å². The molecule has 0 aromatic carbocycles. The van der Waals surface area contributed by atoms with E-state index in [-0.39, 0.29) is 0 Å². The van der Waals surface area contributed by atoms with Crippen molar-refractivity contribution in [2.75, 3.05) is 19.6 Å². The molecule has 1 fully saturated rings. The largest absolute Gasteiger partial charge is 0.330 e. The number of nitrogens with two attached hydrogens (primary N) is 1. The Labute approximate surface area is 108 Å². The smallest absolute Gasteiger partial charge is 0.000770 e. The van der Waals surface area contributed by atoms with E-state index in [1.807, 2.05) is 0 Å². The predicted octanol–water partition coefficient (Wildman–Crippen LogP) is 3.46. The first-order valence-corrected chi connectivity index (χ1v) is 7.74. The normalized spacial score (nSPS) is 18.7. The van der Waals surface area contributed by atoms with Crippen LogP contribution in [0.25, 0.3) is 0 Å². The second-order valence-electron chi connectivity index (χ2n) is 5.79. The van der Waals surface area contributed by atoms with Crippen molar-refractivity contribution in [3.63, 3.8) is 0 Å². The second kappa shape index (κ2) is 8.93. The highest BCUT2D eigenvalue weighted by molar-refractivity contribution is 4.85. The van der Waals surface area contributed by atoms with Gasteiger partial charge in [-0.3, -0.25) is 0 Å². The maximum absolute atomic E-state index is 5.48. The Morgan fingerprint density at radius 1 is 1.00 bits per heavy atom. The van der Waals surface area contributed by atoms with Gasteiger partial charge in [0.25, 0.3) is 0 Å². The second-order valence-corrected chi connectivity index (χ2v) is 5.79. The molecule has 0 amide bonds. The zero-order chi connectivity index (χ0) is 12.4. The van der Waals surface area contributed by atoms with E-state index in [0.29, 0.717) is 5.41 Å². The average molecular weight is 240 g/mol. The molecular weight excluding hydrogens is 208 g/mol. The molecule has 1 aliphatic carbocycles. The van der Waals surface area contributed by atoms with E-state index in [4.69, 9.17) is 5.73 Å². The molecule has 0 atom stereocenters. The fourth-order valence-corrected chi connectivity index (χ4v) is 3.06. The summed E-state index contributed by atoms with van der Waals surface area (Å²) in [5, 5.41) is 3.69. The van der Waals surface area contributed by atoms with Crippen LogP contribution < -0.4 is 11.1 Å². The van der Waals surface area contributed by atoms with E-state index in [0.717, 1.165) is 6.54 Å². The van der Waals surface area contributed by atoms with Crippen LogP contribution in [0.1, 0.15) is 71.1 Å². The molecular formula is C15H32N2. The van der Waals surface area contributed by atoms with Crippen LogP contribution in [0.4, 0.5) is 0 Å². The van der Waals surface area contributed by atoms with E-state index < -0.39 is 0 Å². The maximum atomic E-state index is 5.48. The number of nitrogens with one attached hydrogen (secondary N) is 1. The number of unbranched alkanes of at least 4 members (excludes halogenated alkanes) is 4. The van der Waals surface area contributed by atoms with Crippen LogP contribution in [0, 0.1) is 5.41 Å². The topological polar surface area (TPSA) is 38.0 Å². The molecule has 0 radical (unpaired) electrons. The van der Waals surface area contributed by atoms with Crippen LogP contribution in [-0.4, -0.2) is 19.6 Å². The van der Waals surface area contributed by atoms with E-state index in [1.165, 1.54) is 77.3 Å². The first kappa shape index (κ1) is 15.0. The Kier molecular flexibility index (Phi) is 7.87. The molecule has 0 aromatic rings. The van der Waals surface area contributed by atoms with Crippen molar-refractivity contribution >= 4 is 0 Å². The fourth-order valence-electron chi connectivity index (χ4n) is 3.06. The van der Waals surface area contributed by atoms with Gasteiger partial charge in [0.15, 0.2) is 0 Å². The molecule has 1 saturated carbocycles. The summed E-state index contributed by atoms with van der Waals surface area (Å²) in [6.07, 6.45) is 13.7. The highest BCUT2D eigenvalue weighted by Crippen LogP contribution is 2.40. The summed E-state index contributed by atoms with van der Waals surface area (Å²) in [5.74, 6) is 0. The molecule has 1 aliphatic rings. The lowest BCUT2D eigenvalue weighted by molar-refractivity contribution is 0.268. The van der Waals surface area contributed by atoms with E-state index >= 15 is 0 Å². The summed E-state index contributed by atoms with van der Waals surface area (Å²) in [5.41, 5.74) is 6.13. The van der Waals surface area contributed by atoms with Crippen LogP contribution in [0.15, 0.2) is 0 Å². The van der Waals surface area contributed by atoms with Gasteiger partial charge in [-0.25, -0.2) is 0 Å². The van der Waals surface area contributed by atoms with Crippen molar-refractivity contribution in [2.24, 2.45) is 11.1 Å². The summed E-state index contributed by atoms with van der Waals surface area (Å²) in [6.45, 7) is 5.69. The lowest BCUT2D eigenvalue weighted by Crippen LogP contribution is -2.32. The van der Waals surface area contributed by atoms with Crippen molar-refractivity contribution in [3.05, 3.63) is 0 Å². The molecule has 0 bridgehead atoms. The van der Waals surface area contributed by atoms with Gasteiger partial charge in [0.2, 0.25) is 0 Å². The third-order valence-electron chi connectivity index (χ3n) is 4.47. The van der Waals surface area contributed by atoms with Gasteiger partial charge >= 0.3 is 0 Å². The minimum absolute atomic E-state index is 0.652. The quantitative estimate of drug-likeness (QED) is 0.574. The standard InChI is InChI=1S/C15H32N2/c1-2-15(10-6-7-11-15)14-17-13-9-5-3-4-8-12-16/h17H,2-14,16H2,1H3. The van der Waals surface area contributed by atoms with Gasteiger partial charge in [-0.2, -0.15) is 0 Å². The van der Waals surface area contributed by atoms with Crippen molar-refractivity contribution < 1.29 is 0 Å². The lowest BCUT2D eigenvalue weighted by atomic mass is 9.83. The Bertz CT molecular complexity index is 174. The van der Waals surface area contributed by atoms with E-state index in [2.05, 4.69) is 12.2 Å². The van der Waals surface area contributed by atoms with Gasteiger partial charge in [0.05, 0.1) is 0 Å². The third-order valence-corrected chi connectivity index (χ3v) is 4.47. The first-order valence-electron chi connectivity index (χ1n) is 7.74. The van der Waals surface area contributed by atoms with Crippen molar-refractivity contribution in [1.82, 2.24) is 5.32 Å². The maximum Gasteiger partial charge on any atom is 0.000770 e. The highest BCUT2D eigenvalue weighted by Gasteiger charge is 2.31. The van der Waals surface area contributed by atoms with Crippen LogP contribution in [0.5, 0.6) is 0 Å². The van der Waals surface area contributed by atoms with Gasteiger partial charge in [-0.05, 0) is 50.6 Å². The monoisotopic (exact) mass is 240 g/mol. The Balaban J connectivity index is 1.92. The molecule has 0 aromatic heterocycles. The average Bonchev–Trinajstić information content (AvgIpc) is 2.82. The fraction of sp³-hybridized carbons (Fsp3) is 1.00. The SMILES string of the molecule is CCC1(CNCCCCCCCN)CCCC1. The van der Waals surface area contributed by atoms with Crippen molar-refractivity contribution in [3.8, 4) is 0 Å². The van der Waals surface area contributed by atoms with Gasteiger partial charge in [-0.15, -0.1) is 0 Å². The zero-order valence-corrected chi connectivity index (χ0v) is 11.8. The Morgan fingerprint density at radius 3 is 2.29 bits per heavy atom. The van der Waals surface area contributed by atoms with Crippen molar-refractivity contribution in [2.45, 2.75) is 71.1 Å². The first-order chi connectivity index (χ1) is 8.33. The van der Waals surface area contributed by atoms with Crippen LogP contribution in [0.2, 0.25) is 0 Å². The summed E-state index contributed by atoms with van der Waals surface area (Å²) < 4.78 is 0. The summed E-state index contributed by atoms with van der Waals surface area (Å²) >= 11 is 0. The van der Waals surface area contributed by atoms with E-state index in [1.54, 1.807) is 0 Å². The molecule has 2 nitrogen and oxygen atoms in total. The molecule has 0 spiro atoms. The predicted molar refractivity (Wildman–Crippen MR) is 76.2 cm³/mol. The summed E-state index contributed by atoms with van der Waals surface area (Å²) in [7, 11) is 0. The number of rotatable bonds is 10. The number of hydrogen-bond acceptors (Lipinski definition) is 2. The van der Waals surface area contributed by atoms with Crippen LogP contribution in [0.3, 0.4) is 0 Å². The molecule has 0 heterocycles. The van der Waals surface area contributed by atoms with Crippen LogP contribution >= 0.6 is 0 Å². The number of hydrogen-bond donors (Lipinski definition) is 2.